The van der Waals surface area contributed by atoms with E-state index in [0.29, 0.717) is 16.9 Å². The first-order chi connectivity index (χ1) is 7.89. The highest BCUT2D eigenvalue weighted by Gasteiger charge is 2.35. The molecule has 2 aromatic rings. The van der Waals surface area contributed by atoms with E-state index in [1.807, 2.05) is 0 Å². The van der Waals surface area contributed by atoms with Crippen molar-refractivity contribution >= 4 is 17.0 Å². The van der Waals surface area contributed by atoms with Gasteiger partial charge in [-0.2, -0.15) is 13.2 Å². The third-order valence-corrected chi connectivity index (χ3v) is 3.22. The predicted molar refractivity (Wildman–Crippen MR) is 60.8 cm³/mol. The van der Waals surface area contributed by atoms with Crippen LogP contribution in [0.15, 0.2) is 29.6 Å². The summed E-state index contributed by atoms with van der Waals surface area (Å²) in [5, 5.41) is 10.8. The number of hydrogen-bond acceptors (Lipinski definition) is 3. The summed E-state index contributed by atoms with van der Waals surface area (Å²) in [5.41, 5.74) is 5.88. The highest BCUT2D eigenvalue weighted by Crippen LogP contribution is 2.41. The lowest BCUT2D eigenvalue weighted by Gasteiger charge is -2.08. The number of nitrogens with two attached hydrogens (primary N) is 1. The number of rotatable bonds is 1. The molecule has 90 valence electrons. The van der Waals surface area contributed by atoms with E-state index in [4.69, 9.17) is 5.73 Å². The van der Waals surface area contributed by atoms with Crippen LogP contribution >= 0.6 is 11.3 Å². The molecule has 0 bridgehead atoms. The van der Waals surface area contributed by atoms with Crippen LogP contribution in [0.5, 0.6) is 5.75 Å². The Kier molecular flexibility index (Phi) is 2.74. The second-order valence-corrected chi connectivity index (χ2v) is 4.35. The van der Waals surface area contributed by atoms with E-state index in [9.17, 15) is 18.3 Å². The van der Waals surface area contributed by atoms with E-state index in [1.165, 1.54) is 29.6 Å². The van der Waals surface area contributed by atoms with E-state index < -0.39 is 11.1 Å². The summed E-state index contributed by atoms with van der Waals surface area (Å²) in [6.45, 7) is 0. The maximum Gasteiger partial charge on any atom is 0.426 e. The normalized spacial score (nSPS) is 11.7. The van der Waals surface area contributed by atoms with Crippen LogP contribution in [-0.4, -0.2) is 5.11 Å². The van der Waals surface area contributed by atoms with Gasteiger partial charge in [-0.25, -0.2) is 0 Å². The molecule has 0 fully saturated rings. The zero-order chi connectivity index (χ0) is 12.6. The summed E-state index contributed by atoms with van der Waals surface area (Å²) in [5.74, 6) is -0.221. The molecule has 1 aromatic carbocycles. The van der Waals surface area contributed by atoms with Gasteiger partial charge >= 0.3 is 6.18 Å². The lowest BCUT2D eigenvalue weighted by atomic mass is 10.1. The zero-order valence-electron chi connectivity index (χ0n) is 8.45. The van der Waals surface area contributed by atoms with Crippen LogP contribution in [0.4, 0.5) is 18.9 Å². The number of halogens is 3. The maximum atomic E-state index is 12.7. The van der Waals surface area contributed by atoms with Gasteiger partial charge in [-0.15, -0.1) is 11.3 Å². The van der Waals surface area contributed by atoms with Crippen LogP contribution in [0.3, 0.4) is 0 Å². The van der Waals surface area contributed by atoms with Gasteiger partial charge in [0.05, 0.1) is 5.69 Å². The third kappa shape index (κ3) is 2.21. The standard InChI is InChI=1S/C11H8F3NOS/c12-11(13,14)10-7(3-4-17-10)6-1-2-8(15)9(16)5-6/h1-5,16H,15H2. The van der Waals surface area contributed by atoms with Gasteiger partial charge in [0.1, 0.15) is 10.6 Å². The molecule has 0 saturated heterocycles. The molecule has 0 amide bonds. The smallest absolute Gasteiger partial charge is 0.426 e. The lowest BCUT2D eigenvalue weighted by molar-refractivity contribution is -0.133. The number of phenols is 1. The van der Waals surface area contributed by atoms with E-state index in [-0.39, 0.29) is 17.0 Å². The van der Waals surface area contributed by atoms with E-state index in [0.717, 1.165) is 0 Å². The summed E-state index contributed by atoms with van der Waals surface area (Å²) in [6.07, 6.45) is -4.39. The van der Waals surface area contributed by atoms with Gasteiger partial charge in [0.2, 0.25) is 0 Å². The molecule has 0 aliphatic heterocycles. The van der Waals surface area contributed by atoms with Crippen molar-refractivity contribution in [1.82, 2.24) is 0 Å². The second kappa shape index (κ2) is 3.96. The van der Waals surface area contributed by atoms with Crippen LogP contribution in [0.2, 0.25) is 0 Å². The topological polar surface area (TPSA) is 46.2 Å². The van der Waals surface area contributed by atoms with Crippen LogP contribution in [-0.2, 0) is 6.18 Å². The van der Waals surface area contributed by atoms with Crippen molar-refractivity contribution in [3.63, 3.8) is 0 Å². The largest absolute Gasteiger partial charge is 0.506 e. The van der Waals surface area contributed by atoms with Gasteiger partial charge in [-0.1, -0.05) is 6.07 Å². The lowest BCUT2D eigenvalue weighted by Crippen LogP contribution is -2.03. The molecular weight excluding hydrogens is 251 g/mol. The van der Waals surface area contributed by atoms with Gasteiger partial charge in [-0.05, 0) is 29.1 Å². The Morgan fingerprint density at radius 1 is 1.18 bits per heavy atom. The fourth-order valence-corrected chi connectivity index (χ4v) is 2.25. The minimum Gasteiger partial charge on any atom is -0.506 e. The number of nitrogen functional groups attached to an aromatic ring is 1. The van der Waals surface area contributed by atoms with Crippen LogP contribution in [0.25, 0.3) is 11.1 Å². The molecule has 2 nitrogen and oxygen atoms in total. The Morgan fingerprint density at radius 3 is 2.47 bits per heavy atom. The first-order valence-electron chi connectivity index (χ1n) is 4.63. The SMILES string of the molecule is Nc1ccc(-c2ccsc2C(F)(F)F)cc1O. The fraction of sp³-hybridized carbons (Fsp3) is 0.0909. The summed E-state index contributed by atoms with van der Waals surface area (Å²) < 4.78 is 38.0. The highest BCUT2D eigenvalue weighted by molar-refractivity contribution is 7.10. The Bertz CT molecular complexity index is 548. The molecule has 6 heteroatoms. The zero-order valence-corrected chi connectivity index (χ0v) is 9.27. The Hall–Kier alpha value is -1.69. The van der Waals surface area contributed by atoms with Crippen molar-refractivity contribution in [3.8, 4) is 16.9 Å². The second-order valence-electron chi connectivity index (χ2n) is 3.43. The molecule has 2 rings (SSSR count). The van der Waals surface area contributed by atoms with Crippen LogP contribution < -0.4 is 5.73 Å². The summed E-state index contributed by atoms with van der Waals surface area (Å²) in [4.78, 5) is -0.679. The monoisotopic (exact) mass is 259 g/mol. The average molecular weight is 259 g/mol. The van der Waals surface area contributed by atoms with Gasteiger partial charge in [0.15, 0.2) is 0 Å². The number of aromatic hydroxyl groups is 1. The first kappa shape index (κ1) is 11.8. The number of anilines is 1. The molecule has 3 N–H and O–H groups in total. The number of phenolic OH excluding ortho intramolecular Hbond substituents is 1. The van der Waals surface area contributed by atoms with Crippen molar-refractivity contribution < 1.29 is 18.3 Å². The van der Waals surface area contributed by atoms with Crippen molar-refractivity contribution in [2.75, 3.05) is 5.73 Å². The number of alkyl halides is 3. The minimum atomic E-state index is -4.39. The molecule has 0 aliphatic carbocycles. The van der Waals surface area contributed by atoms with Crippen molar-refractivity contribution in [3.05, 3.63) is 34.5 Å². The quantitative estimate of drug-likeness (QED) is 0.605. The average Bonchev–Trinajstić information content (AvgIpc) is 2.70. The van der Waals surface area contributed by atoms with Crippen LogP contribution in [0, 0.1) is 0 Å². The molecule has 17 heavy (non-hydrogen) atoms. The number of benzene rings is 1. The molecule has 0 saturated carbocycles. The molecular formula is C11H8F3NOS. The molecule has 1 heterocycles. The molecule has 0 unspecified atom stereocenters. The van der Waals surface area contributed by atoms with Crippen molar-refractivity contribution in [1.29, 1.82) is 0 Å². The predicted octanol–water partition coefficient (Wildman–Crippen LogP) is 3.72. The van der Waals surface area contributed by atoms with Gasteiger partial charge in [0.25, 0.3) is 0 Å². The maximum absolute atomic E-state index is 12.7. The Labute approximate surface area is 99.1 Å². The Balaban J connectivity index is 2.54. The van der Waals surface area contributed by atoms with Gasteiger partial charge < -0.3 is 10.8 Å². The molecule has 0 spiro atoms. The van der Waals surface area contributed by atoms with E-state index >= 15 is 0 Å². The Morgan fingerprint density at radius 2 is 1.88 bits per heavy atom. The van der Waals surface area contributed by atoms with Gasteiger partial charge in [-0.3, -0.25) is 0 Å². The molecule has 0 radical (unpaired) electrons. The minimum absolute atomic E-state index is 0.0535. The summed E-state index contributed by atoms with van der Waals surface area (Å²) in [7, 11) is 0. The van der Waals surface area contributed by atoms with Crippen molar-refractivity contribution in [2.45, 2.75) is 6.18 Å². The fourth-order valence-electron chi connectivity index (χ4n) is 1.47. The molecule has 0 aliphatic rings. The summed E-state index contributed by atoms with van der Waals surface area (Å²) in [6, 6.07) is 5.43. The molecule has 1 aromatic heterocycles. The van der Waals surface area contributed by atoms with Crippen LogP contribution in [0.1, 0.15) is 4.88 Å². The molecule has 0 atom stereocenters. The van der Waals surface area contributed by atoms with E-state index in [2.05, 4.69) is 0 Å². The van der Waals surface area contributed by atoms with Crippen molar-refractivity contribution in [2.24, 2.45) is 0 Å². The summed E-state index contributed by atoms with van der Waals surface area (Å²) >= 11 is 0.623. The third-order valence-electron chi connectivity index (χ3n) is 2.26. The first-order valence-corrected chi connectivity index (χ1v) is 5.51. The van der Waals surface area contributed by atoms with Gasteiger partial charge in [0, 0.05) is 5.56 Å². The van der Waals surface area contributed by atoms with E-state index in [1.54, 1.807) is 0 Å². The number of hydrogen-bond donors (Lipinski definition) is 2. The number of thiophene rings is 1. The highest BCUT2D eigenvalue weighted by atomic mass is 32.1.